The number of benzene rings is 5. The van der Waals surface area contributed by atoms with E-state index in [-0.39, 0.29) is 0 Å². The van der Waals surface area contributed by atoms with Gasteiger partial charge in [0.2, 0.25) is 0 Å². The fraction of sp³-hybridized carbons (Fsp3) is 0.0714. The third-order valence-electron chi connectivity index (χ3n) is 6.49. The van der Waals surface area contributed by atoms with Crippen molar-refractivity contribution in [2.24, 2.45) is 0 Å². The van der Waals surface area contributed by atoms with Crippen molar-refractivity contribution in [3.8, 4) is 0 Å². The lowest BCUT2D eigenvalue weighted by Gasteiger charge is -2.10. The van der Waals surface area contributed by atoms with Crippen molar-refractivity contribution in [3.05, 3.63) is 95.1 Å². The van der Waals surface area contributed by atoms with Crippen LogP contribution in [0.3, 0.4) is 0 Å². The van der Waals surface area contributed by atoms with Gasteiger partial charge in [-0.05, 0) is 127 Å². The second-order valence-corrected chi connectivity index (χ2v) is 8.26. The van der Waals surface area contributed by atoms with E-state index in [9.17, 15) is 0 Å². The first kappa shape index (κ1) is 14.6. The summed E-state index contributed by atoms with van der Waals surface area (Å²) in [6.07, 6.45) is 11.1. The fourth-order valence-electron chi connectivity index (χ4n) is 5.02. The van der Waals surface area contributed by atoms with E-state index in [0.717, 1.165) is 12.8 Å². The smallest absolute Gasteiger partial charge is 0.00880 e. The van der Waals surface area contributed by atoms with Gasteiger partial charge in [-0.3, -0.25) is 0 Å². The zero-order valence-electron chi connectivity index (χ0n) is 15.5. The highest BCUT2D eigenvalue weighted by molar-refractivity contribution is 6.08. The van der Waals surface area contributed by atoms with E-state index in [1.54, 1.807) is 0 Å². The molecule has 0 saturated carbocycles. The van der Waals surface area contributed by atoms with Crippen LogP contribution in [0, 0.1) is 0 Å². The van der Waals surface area contributed by atoms with Gasteiger partial charge in [-0.25, -0.2) is 0 Å². The first-order valence-electron chi connectivity index (χ1n) is 10.0. The third kappa shape index (κ3) is 2.00. The minimum Gasteiger partial charge on any atom is -0.0795 e. The Kier molecular flexibility index (Phi) is 2.67. The first-order chi connectivity index (χ1) is 13.8. The summed E-state index contributed by atoms with van der Waals surface area (Å²) in [6, 6.07) is 23.6. The Bertz CT molecular complexity index is 1420. The monoisotopic (exact) mass is 354 g/mol. The maximum atomic E-state index is 2.37. The molecule has 0 nitrogen and oxygen atoms in total. The van der Waals surface area contributed by atoms with Crippen molar-refractivity contribution in [1.29, 1.82) is 0 Å². The van der Waals surface area contributed by atoms with Crippen LogP contribution in [0.5, 0.6) is 0 Å². The van der Waals surface area contributed by atoms with Crippen LogP contribution in [0.4, 0.5) is 0 Å². The molecule has 0 heteroatoms. The average molecular weight is 354 g/mol. The summed E-state index contributed by atoms with van der Waals surface area (Å²) in [5.74, 6) is 0. The predicted molar refractivity (Wildman–Crippen MR) is 122 cm³/mol. The van der Waals surface area contributed by atoms with Gasteiger partial charge in [0.1, 0.15) is 0 Å². The maximum absolute atomic E-state index is 2.37. The lowest BCUT2D eigenvalue weighted by Crippen LogP contribution is -1.86. The van der Waals surface area contributed by atoms with E-state index >= 15 is 0 Å². The van der Waals surface area contributed by atoms with E-state index in [1.807, 2.05) is 0 Å². The van der Waals surface area contributed by atoms with E-state index in [4.69, 9.17) is 0 Å². The summed E-state index contributed by atoms with van der Waals surface area (Å²) in [5, 5.41) is 10.7. The summed E-state index contributed by atoms with van der Waals surface area (Å²) < 4.78 is 0. The Morgan fingerprint density at radius 1 is 0.357 bits per heavy atom. The van der Waals surface area contributed by atoms with Gasteiger partial charge in [-0.15, -0.1) is 0 Å². The zero-order valence-corrected chi connectivity index (χ0v) is 15.5. The molecule has 5 aromatic rings. The van der Waals surface area contributed by atoms with Crippen LogP contribution in [0.15, 0.2) is 72.8 Å². The van der Waals surface area contributed by atoms with Gasteiger partial charge in [-0.2, -0.15) is 0 Å². The van der Waals surface area contributed by atoms with E-state index in [1.165, 1.54) is 65.3 Å². The Labute approximate surface area is 163 Å². The molecule has 0 radical (unpaired) electrons. The molecule has 2 aliphatic carbocycles. The number of fused-ring (bicyclic) bond motifs is 6. The minimum absolute atomic E-state index is 1.06. The molecule has 7 rings (SSSR count). The lowest BCUT2D eigenvalue weighted by molar-refractivity contribution is 1.32. The van der Waals surface area contributed by atoms with Gasteiger partial charge in [-0.1, -0.05) is 36.4 Å². The second-order valence-electron chi connectivity index (χ2n) is 8.26. The van der Waals surface area contributed by atoms with Crippen molar-refractivity contribution < 1.29 is 0 Å². The molecule has 0 heterocycles. The Balaban J connectivity index is 1.52. The summed E-state index contributed by atoms with van der Waals surface area (Å²) in [6.45, 7) is 0. The van der Waals surface area contributed by atoms with Crippen molar-refractivity contribution in [1.82, 2.24) is 0 Å². The summed E-state index contributed by atoms with van der Waals surface area (Å²) >= 11 is 0. The van der Waals surface area contributed by atoms with Crippen molar-refractivity contribution in [2.75, 3.05) is 0 Å². The maximum Gasteiger partial charge on any atom is -0.00880 e. The first-order valence-corrected chi connectivity index (χ1v) is 10.0. The summed E-state index contributed by atoms with van der Waals surface area (Å²) in [5.41, 5.74) is 5.64. The Morgan fingerprint density at radius 2 is 0.679 bits per heavy atom. The third-order valence-corrected chi connectivity index (χ3v) is 6.49. The minimum atomic E-state index is 1.06. The van der Waals surface area contributed by atoms with Crippen LogP contribution >= 0.6 is 0 Å². The number of hydrogen-bond acceptors (Lipinski definition) is 0. The molecule has 0 aliphatic heterocycles. The van der Waals surface area contributed by atoms with E-state index < -0.39 is 0 Å². The molecule has 0 fully saturated rings. The van der Waals surface area contributed by atoms with Gasteiger partial charge in [0, 0.05) is 0 Å². The van der Waals surface area contributed by atoms with Crippen LogP contribution in [-0.2, 0) is 12.8 Å². The van der Waals surface area contributed by atoms with Crippen LogP contribution < -0.4 is 0 Å². The molecule has 0 unspecified atom stereocenters. The Morgan fingerprint density at radius 3 is 1.07 bits per heavy atom. The van der Waals surface area contributed by atoms with Crippen LogP contribution in [0.25, 0.3) is 55.2 Å². The van der Waals surface area contributed by atoms with Gasteiger partial charge >= 0.3 is 0 Å². The molecule has 0 N–H and O–H groups in total. The van der Waals surface area contributed by atoms with Crippen molar-refractivity contribution in [3.63, 3.8) is 0 Å². The molecule has 130 valence electrons. The normalized spacial score (nSPS) is 14.6. The van der Waals surface area contributed by atoms with Crippen LogP contribution in [0.1, 0.15) is 22.3 Å². The highest BCUT2D eigenvalue weighted by atomic mass is 14.1. The summed E-state index contributed by atoms with van der Waals surface area (Å²) in [4.78, 5) is 0. The highest BCUT2D eigenvalue weighted by Gasteiger charge is 2.10. The topological polar surface area (TPSA) is 0 Å². The molecule has 0 saturated heterocycles. The van der Waals surface area contributed by atoms with E-state index in [0.29, 0.717) is 0 Å². The molecule has 0 spiro atoms. The number of hydrogen-bond donors (Lipinski definition) is 0. The van der Waals surface area contributed by atoms with Crippen molar-refractivity contribution in [2.45, 2.75) is 12.8 Å². The molecular weight excluding hydrogens is 336 g/mol. The largest absolute Gasteiger partial charge is 0.0795 e. The quantitative estimate of drug-likeness (QED) is 0.254. The Hall–Kier alpha value is -3.38. The lowest BCUT2D eigenvalue weighted by atomic mass is 9.95. The molecule has 0 bridgehead atoms. The number of allylic oxidation sites excluding steroid dienone is 2. The zero-order chi connectivity index (χ0) is 18.2. The van der Waals surface area contributed by atoms with Gasteiger partial charge in [0.25, 0.3) is 0 Å². The number of rotatable bonds is 0. The molecule has 0 amide bonds. The molecule has 0 atom stereocenters. The van der Waals surface area contributed by atoms with Gasteiger partial charge < -0.3 is 0 Å². The highest BCUT2D eigenvalue weighted by Crippen LogP contribution is 2.34. The van der Waals surface area contributed by atoms with Crippen LogP contribution in [0.2, 0.25) is 0 Å². The molecular formula is C28H18. The standard InChI is InChI=1S/C28H18/c1-3-17-7-21-11-25-15-27-13-23-9-19-5-2-6-20(19)10-24(23)14-28(27)16-26(25)12-22(21)8-18(17)4-1/h1-3,6-16H,4-5H2. The molecule has 28 heavy (non-hydrogen) atoms. The molecule has 0 aromatic heterocycles. The van der Waals surface area contributed by atoms with E-state index in [2.05, 4.69) is 85.0 Å². The van der Waals surface area contributed by atoms with Gasteiger partial charge in [0.05, 0.1) is 0 Å². The van der Waals surface area contributed by atoms with Crippen molar-refractivity contribution >= 4 is 55.2 Å². The molecule has 5 aromatic carbocycles. The molecule has 2 aliphatic rings. The fourth-order valence-corrected chi connectivity index (χ4v) is 5.02. The predicted octanol–water partition coefficient (Wildman–Crippen LogP) is 7.44. The average Bonchev–Trinajstić information content (AvgIpc) is 3.33. The SMILES string of the molecule is C1=Cc2cc3cc4cc5cc6cc7c(cc6cc5cc4cc3cc2C1)C=CC7. The summed E-state index contributed by atoms with van der Waals surface area (Å²) in [7, 11) is 0. The second kappa shape index (κ2) is 5.11. The van der Waals surface area contributed by atoms with Crippen LogP contribution in [-0.4, -0.2) is 0 Å². The van der Waals surface area contributed by atoms with Gasteiger partial charge in [0.15, 0.2) is 0 Å².